The zero-order valence-electron chi connectivity index (χ0n) is 18.2. The van der Waals surface area contributed by atoms with E-state index in [0.29, 0.717) is 6.54 Å². The monoisotopic (exact) mass is 424 g/mol. The third-order valence-electron chi connectivity index (χ3n) is 7.19. The Balaban J connectivity index is 1.26. The molecule has 0 radical (unpaired) electrons. The van der Waals surface area contributed by atoms with Gasteiger partial charge in [-0.25, -0.2) is 0 Å². The summed E-state index contributed by atoms with van der Waals surface area (Å²) < 4.78 is 6.07. The van der Waals surface area contributed by atoms with Crippen molar-refractivity contribution >= 4 is 5.91 Å². The van der Waals surface area contributed by atoms with Gasteiger partial charge < -0.3 is 10.1 Å². The van der Waals surface area contributed by atoms with Crippen LogP contribution in [0.15, 0.2) is 66.7 Å². The number of fused-ring (bicyclic) bond motifs is 3. The largest absolute Gasteiger partial charge is 0.493 e. The van der Waals surface area contributed by atoms with E-state index in [1.807, 2.05) is 0 Å². The van der Waals surface area contributed by atoms with Crippen LogP contribution < -0.4 is 10.1 Å². The second kappa shape index (κ2) is 8.10. The molecule has 0 aromatic heterocycles. The van der Waals surface area contributed by atoms with E-state index in [4.69, 9.17) is 4.74 Å². The van der Waals surface area contributed by atoms with Crippen molar-refractivity contribution in [3.05, 3.63) is 100 Å². The van der Waals surface area contributed by atoms with Gasteiger partial charge in [-0.15, -0.1) is 0 Å². The van der Waals surface area contributed by atoms with E-state index in [1.54, 1.807) is 0 Å². The first-order valence-corrected chi connectivity index (χ1v) is 11.7. The minimum atomic E-state index is 0.0412. The molecule has 1 N–H and O–H groups in total. The highest BCUT2D eigenvalue weighted by molar-refractivity contribution is 5.79. The van der Waals surface area contributed by atoms with Crippen molar-refractivity contribution in [1.82, 2.24) is 10.2 Å². The lowest BCUT2D eigenvalue weighted by Crippen LogP contribution is -2.46. The van der Waals surface area contributed by atoms with E-state index in [-0.39, 0.29) is 18.0 Å². The molecular weight excluding hydrogens is 396 g/mol. The van der Waals surface area contributed by atoms with Crippen LogP contribution in [0, 0.1) is 0 Å². The average molecular weight is 425 g/mol. The highest BCUT2D eigenvalue weighted by Gasteiger charge is 2.34. The lowest BCUT2D eigenvalue weighted by molar-refractivity contribution is -0.123. The Morgan fingerprint density at radius 1 is 0.844 bits per heavy atom. The van der Waals surface area contributed by atoms with Crippen molar-refractivity contribution in [2.75, 3.05) is 19.7 Å². The second-order valence-electron chi connectivity index (χ2n) is 9.20. The zero-order valence-corrected chi connectivity index (χ0v) is 18.2. The Morgan fingerprint density at radius 3 is 2.34 bits per heavy atom. The summed E-state index contributed by atoms with van der Waals surface area (Å²) in [6.45, 7) is 2.00. The molecule has 0 spiro atoms. The van der Waals surface area contributed by atoms with Gasteiger partial charge in [-0.3, -0.25) is 9.69 Å². The van der Waals surface area contributed by atoms with Crippen LogP contribution in [-0.4, -0.2) is 36.5 Å². The Labute approximate surface area is 189 Å². The maximum atomic E-state index is 13.2. The normalized spacial score (nSPS) is 19.7. The number of carbonyl (C=O) groups is 1. The van der Waals surface area contributed by atoms with Gasteiger partial charge in [0.2, 0.25) is 5.91 Å². The number of nitrogens with one attached hydrogen (secondary N) is 1. The van der Waals surface area contributed by atoms with Crippen molar-refractivity contribution < 1.29 is 9.53 Å². The molecule has 0 saturated heterocycles. The van der Waals surface area contributed by atoms with Crippen LogP contribution in [0.3, 0.4) is 0 Å². The molecule has 3 aromatic rings. The molecule has 4 heteroatoms. The average Bonchev–Trinajstić information content (AvgIpc) is 3.45. The molecule has 0 fully saturated rings. The highest BCUT2D eigenvalue weighted by atomic mass is 16.5. The fraction of sp³-hybridized carbons (Fsp3) is 0.321. The topological polar surface area (TPSA) is 41.6 Å². The lowest BCUT2D eigenvalue weighted by Gasteiger charge is -2.38. The Bertz CT molecular complexity index is 1150. The van der Waals surface area contributed by atoms with Crippen molar-refractivity contribution in [3.8, 4) is 5.75 Å². The molecule has 1 unspecified atom stereocenters. The number of benzene rings is 3. The molecular formula is C28H28N2O2. The van der Waals surface area contributed by atoms with E-state index in [1.165, 1.54) is 33.4 Å². The number of nitrogens with zero attached hydrogens (tertiary/aromatic N) is 1. The number of carbonyl (C=O) groups excluding carboxylic acids is 1. The molecule has 1 amide bonds. The first kappa shape index (κ1) is 19.6. The maximum absolute atomic E-state index is 13.2. The number of hydrogen-bond acceptors (Lipinski definition) is 3. The van der Waals surface area contributed by atoms with Gasteiger partial charge in [0.05, 0.1) is 19.2 Å². The second-order valence-corrected chi connectivity index (χ2v) is 9.20. The van der Waals surface area contributed by atoms with E-state index < -0.39 is 0 Å². The first-order valence-electron chi connectivity index (χ1n) is 11.7. The van der Waals surface area contributed by atoms with E-state index >= 15 is 0 Å². The van der Waals surface area contributed by atoms with Gasteiger partial charge in [-0.05, 0) is 47.1 Å². The molecule has 0 saturated carbocycles. The Hall–Kier alpha value is -3.11. The number of hydrogen-bond donors (Lipinski definition) is 1. The van der Waals surface area contributed by atoms with Crippen LogP contribution >= 0.6 is 0 Å². The first-order chi connectivity index (χ1) is 15.8. The van der Waals surface area contributed by atoms with E-state index in [2.05, 4.69) is 76.9 Å². The van der Waals surface area contributed by atoms with Gasteiger partial charge in [0.15, 0.2) is 0 Å². The molecule has 1 aliphatic carbocycles. The summed E-state index contributed by atoms with van der Waals surface area (Å²) in [6, 6.07) is 23.9. The molecule has 3 aromatic carbocycles. The third-order valence-corrected chi connectivity index (χ3v) is 7.19. The molecule has 3 aliphatic rings. The Kier molecular flexibility index (Phi) is 4.95. The Morgan fingerprint density at radius 2 is 1.53 bits per heavy atom. The van der Waals surface area contributed by atoms with Crippen LogP contribution in [0.1, 0.15) is 39.4 Å². The van der Waals surface area contributed by atoms with Crippen LogP contribution in [0.5, 0.6) is 5.75 Å². The predicted molar refractivity (Wildman–Crippen MR) is 125 cm³/mol. The molecule has 162 valence electrons. The maximum Gasteiger partial charge on any atom is 0.234 e. The van der Waals surface area contributed by atoms with Crippen molar-refractivity contribution in [2.45, 2.75) is 37.8 Å². The minimum Gasteiger partial charge on any atom is -0.493 e. The van der Waals surface area contributed by atoms with E-state index in [0.717, 1.165) is 44.6 Å². The highest BCUT2D eigenvalue weighted by Crippen LogP contribution is 2.42. The summed E-state index contributed by atoms with van der Waals surface area (Å²) in [5, 5.41) is 3.31. The summed E-state index contributed by atoms with van der Waals surface area (Å²) in [7, 11) is 0. The fourth-order valence-corrected chi connectivity index (χ4v) is 5.73. The van der Waals surface area contributed by atoms with Gasteiger partial charge in [0.25, 0.3) is 0 Å². The minimum absolute atomic E-state index is 0.0412. The number of ether oxygens (including phenoxy) is 1. The molecule has 0 bridgehead atoms. The molecule has 4 nitrogen and oxygen atoms in total. The third kappa shape index (κ3) is 3.49. The van der Waals surface area contributed by atoms with Crippen molar-refractivity contribution in [2.24, 2.45) is 0 Å². The summed E-state index contributed by atoms with van der Waals surface area (Å²) in [6.07, 6.45) is 3.77. The molecule has 32 heavy (non-hydrogen) atoms. The quantitative estimate of drug-likeness (QED) is 0.692. The van der Waals surface area contributed by atoms with E-state index in [9.17, 15) is 4.79 Å². The smallest absolute Gasteiger partial charge is 0.234 e. The van der Waals surface area contributed by atoms with Gasteiger partial charge in [-0.2, -0.15) is 0 Å². The predicted octanol–water partition coefficient (Wildman–Crippen LogP) is 3.85. The zero-order chi connectivity index (χ0) is 21.5. The summed E-state index contributed by atoms with van der Waals surface area (Å²) in [5.41, 5.74) is 7.85. The van der Waals surface area contributed by atoms with Crippen LogP contribution in [0.4, 0.5) is 0 Å². The van der Waals surface area contributed by atoms with Crippen molar-refractivity contribution in [3.63, 3.8) is 0 Å². The lowest BCUT2D eigenvalue weighted by atomic mass is 9.87. The SMILES string of the molecule is O=C(CN1CCc2ccccc2C1c1cccc2c1OCC2)NC1Cc2ccccc2C1. The summed E-state index contributed by atoms with van der Waals surface area (Å²) in [5.74, 6) is 1.13. The van der Waals surface area contributed by atoms with Crippen LogP contribution in [-0.2, 0) is 30.5 Å². The van der Waals surface area contributed by atoms with Crippen LogP contribution in [0.25, 0.3) is 0 Å². The summed E-state index contributed by atoms with van der Waals surface area (Å²) >= 11 is 0. The number of para-hydroxylation sites is 1. The number of rotatable bonds is 4. The standard InChI is InChI=1S/C28H28N2O2/c31-26(29-23-16-21-7-1-2-8-22(21)17-23)18-30-14-12-19-6-3-4-10-24(19)27(30)25-11-5-9-20-13-15-32-28(20)25/h1-11,23,27H,12-18H2,(H,29,31). The fourth-order valence-electron chi connectivity index (χ4n) is 5.73. The summed E-state index contributed by atoms with van der Waals surface area (Å²) in [4.78, 5) is 15.5. The molecule has 1 atom stereocenters. The van der Waals surface area contributed by atoms with Gasteiger partial charge >= 0.3 is 0 Å². The number of amides is 1. The molecule has 6 rings (SSSR count). The van der Waals surface area contributed by atoms with Gasteiger partial charge in [0.1, 0.15) is 5.75 Å². The van der Waals surface area contributed by atoms with Crippen LogP contribution in [0.2, 0.25) is 0 Å². The van der Waals surface area contributed by atoms with Gasteiger partial charge in [-0.1, -0.05) is 66.7 Å². The van der Waals surface area contributed by atoms with Crippen molar-refractivity contribution in [1.29, 1.82) is 0 Å². The van der Waals surface area contributed by atoms with Gasteiger partial charge in [0, 0.05) is 24.6 Å². The molecule has 2 heterocycles. The molecule has 2 aliphatic heterocycles.